The number of nitrogens with zero attached hydrogens (tertiary/aromatic N) is 1. The lowest BCUT2D eigenvalue weighted by Gasteiger charge is -2.14. The number of carbonyl (C=O) groups excluding carboxylic acids is 1. The number of nitriles is 1. The lowest BCUT2D eigenvalue weighted by atomic mass is 10.1. The highest BCUT2D eigenvalue weighted by Gasteiger charge is 2.15. The Labute approximate surface area is 233 Å². The van der Waals surface area contributed by atoms with Crippen molar-refractivity contribution in [1.82, 2.24) is 0 Å². The molecule has 0 bridgehead atoms. The van der Waals surface area contributed by atoms with E-state index in [9.17, 15) is 10.1 Å². The van der Waals surface area contributed by atoms with Gasteiger partial charge in [0.25, 0.3) is 5.91 Å². The van der Waals surface area contributed by atoms with Crippen molar-refractivity contribution in [3.05, 3.63) is 124 Å². The van der Waals surface area contributed by atoms with Crippen LogP contribution in [0.15, 0.2) is 96.6 Å². The molecule has 196 valence electrons. The molecule has 0 heterocycles. The topological polar surface area (TPSA) is 80.6 Å². The third-order valence-electron chi connectivity index (χ3n) is 5.79. The van der Waals surface area contributed by atoms with E-state index in [4.69, 9.17) is 25.8 Å². The molecule has 0 unspecified atom stereocenters. The fourth-order valence-electron chi connectivity index (χ4n) is 3.69. The Morgan fingerprint density at radius 1 is 0.923 bits per heavy atom. The fourth-order valence-corrected chi connectivity index (χ4v) is 3.97. The van der Waals surface area contributed by atoms with E-state index in [2.05, 4.69) is 5.32 Å². The van der Waals surface area contributed by atoms with E-state index in [0.717, 1.165) is 16.7 Å². The summed E-state index contributed by atoms with van der Waals surface area (Å²) >= 11 is 6.49. The van der Waals surface area contributed by atoms with Crippen molar-refractivity contribution < 1.29 is 19.0 Å². The molecule has 4 aromatic rings. The first-order chi connectivity index (χ1) is 18.9. The average molecular weight is 539 g/mol. The van der Waals surface area contributed by atoms with Gasteiger partial charge in [0.15, 0.2) is 11.5 Å². The average Bonchev–Trinajstić information content (AvgIpc) is 2.96. The first kappa shape index (κ1) is 27.3. The van der Waals surface area contributed by atoms with E-state index in [-0.39, 0.29) is 5.57 Å². The second-order valence-corrected chi connectivity index (χ2v) is 9.14. The zero-order valence-electron chi connectivity index (χ0n) is 21.6. The third kappa shape index (κ3) is 7.64. The Balaban J connectivity index is 1.42. The predicted octanol–water partition coefficient (Wildman–Crippen LogP) is 7.36. The van der Waals surface area contributed by atoms with Gasteiger partial charge in [0.1, 0.15) is 30.6 Å². The SMILES string of the molecule is COc1cc(/C=C(\C#N)C(=O)Nc2ccc(OCc3ccccc3)cc2)cc(Cl)c1OCc1ccc(C)cc1. The van der Waals surface area contributed by atoms with Gasteiger partial charge < -0.3 is 19.5 Å². The monoisotopic (exact) mass is 538 g/mol. The van der Waals surface area contributed by atoms with E-state index in [1.807, 2.05) is 67.6 Å². The Morgan fingerprint density at radius 2 is 1.59 bits per heavy atom. The molecular formula is C32H27ClN2O4. The molecule has 1 amide bonds. The van der Waals surface area contributed by atoms with Gasteiger partial charge in [-0.1, -0.05) is 71.8 Å². The molecule has 0 saturated heterocycles. The van der Waals surface area contributed by atoms with Gasteiger partial charge in [-0.2, -0.15) is 5.26 Å². The number of nitrogens with one attached hydrogen (secondary N) is 1. The van der Waals surface area contributed by atoms with E-state index < -0.39 is 5.91 Å². The smallest absolute Gasteiger partial charge is 0.266 e. The van der Waals surface area contributed by atoms with Gasteiger partial charge in [0.2, 0.25) is 0 Å². The van der Waals surface area contributed by atoms with E-state index in [1.54, 1.807) is 36.4 Å². The molecule has 6 nitrogen and oxygen atoms in total. The van der Waals surface area contributed by atoms with Gasteiger partial charge in [-0.25, -0.2) is 0 Å². The largest absolute Gasteiger partial charge is 0.493 e. The van der Waals surface area contributed by atoms with E-state index in [0.29, 0.717) is 46.7 Å². The van der Waals surface area contributed by atoms with Crippen molar-refractivity contribution in [3.8, 4) is 23.3 Å². The number of aryl methyl sites for hydroxylation is 1. The number of ether oxygens (including phenoxy) is 3. The molecule has 0 aliphatic rings. The third-order valence-corrected chi connectivity index (χ3v) is 6.07. The van der Waals surface area contributed by atoms with Gasteiger partial charge in [-0.15, -0.1) is 0 Å². The number of hydrogen-bond acceptors (Lipinski definition) is 5. The summed E-state index contributed by atoms with van der Waals surface area (Å²) in [6.07, 6.45) is 1.45. The van der Waals surface area contributed by atoms with Crippen molar-refractivity contribution in [1.29, 1.82) is 5.26 Å². The molecule has 0 aliphatic carbocycles. The number of methoxy groups -OCH3 is 1. The molecule has 7 heteroatoms. The van der Waals surface area contributed by atoms with Gasteiger partial charge in [0, 0.05) is 5.69 Å². The first-order valence-corrected chi connectivity index (χ1v) is 12.6. The molecule has 0 atom stereocenters. The fraction of sp³-hybridized carbons (Fsp3) is 0.125. The summed E-state index contributed by atoms with van der Waals surface area (Å²) in [5, 5.41) is 12.7. The number of benzene rings is 4. The highest BCUT2D eigenvalue weighted by molar-refractivity contribution is 6.32. The number of amides is 1. The van der Waals surface area contributed by atoms with Crippen molar-refractivity contribution in [3.63, 3.8) is 0 Å². The van der Waals surface area contributed by atoms with Gasteiger partial charge in [-0.05, 0) is 66.1 Å². The zero-order chi connectivity index (χ0) is 27.6. The van der Waals surface area contributed by atoms with Crippen molar-refractivity contribution >= 4 is 29.3 Å². The highest BCUT2D eigenvalue weighted by Crippen LogP contribution is 2.37. The number of halogens is 1. The minimum Gasteiger partial charge on any atom is -0.493 e. The summed E-state index contributed by atoms with van der Waals surface area (Å²) in [5.74, 6) is 0.892. The minimum atomic E-state index is -0.551. The maximum absolute atomic E-state index is 12.8. The van der Waals surface area contributed by atoms with Crippen molar-refractivity contribution in [2.75, 3.05) is 12.4 Å². The summed E-state index contributed by atoms with van der Waals surface area (Å²) in [6, 6.07) is 30.0. The lowest BCUT2D eigenvalue weighted by molar-refractivity contribution is -0.112. The molecule has 4 rings (SSSR count). The van der Waals surface area contributed by atoms with Crippen LogP contribution < -0.4 is 19.5 Å². The normalized spacial score (nSPS) is 10.9. The molecule has 0 radical (unpaired) electrons. The first-order valence-electron chi connectivity index (χ1n) is 12.2. The van der Waals surface area contributed by atoms with Crippen molar-refractivity contribution in [2.45, 2.75) is 20.1 Å². The summed E-state index contributed by atoms with van der Waals surface area (Å²) in [5.41, 5.74) is 4.17. The summed E-state index contributed by atoms with van der Waals surface area (Å²) < 4.78 is 17.2. The molecule has 0 fully saturated rings. The van der Waals surface area contributed by atoms with Crippen LogP contribution in [0.3, 0.4) is 0 Å². The van der Waals surface area contributed by atoms with Crippen LogP contribution in [0.1, 0.15) is 22.3 Å². The van der Waals surface area contributed by atoms with E-state index >= 15 is 0 Å². The zero-order valence-corrected chi connectivity index (χ0v) is 22.4. The van der Waals surface area contributed by atoms with Crippen LogP contribution in [0.5, 0.6) is 17.2 Å². The van der Waals surface area contributed by atoms with Crippen molar-refractivity contribution in [2.24, 2.45) is 0 Å². The number of anilines is 1. The Hall–Kier alpha value is -4.73. The molecule has 0 spiro atoms. The molecule has 4 aromatic carbocycles. The summed E-state index contributed by atoms with van der Waals surface area (Å²) in [6.45, 7) is 2.77. The van der Waals surface area contributed by atoms with Crippen LogP contribution in [0.25, 0.3) is 6.08 Å². The van der Waals surface area contributed by atoms with Crippen LogP contribution in [-0.2, 0) is 18.0 Å². The number of hydrogen-bond donors (Lipinski definition) is 1. The second kappa shape index (κ2) is 13.2. The van der Waals surface area contributed by atoms with E-state index in [1.165, 1.54) is 13.2 Å². The van der Waals surface area contributed by atoms with Crippen LogP contribution in [0.4, 0.5) is 5.69 Å². The standard InChI is InChI=1S/C32H27ClN2O4/c1-22-8-10-24(11-9-22)21-39-31-29(33)17-25(18-30(31)37-2)16-26(19-34)32(36)35-27-12-14-28(15-13-27)38-20-23-6-4-3-5-7-23/h3-18H,20-21H2,1-2H3,(H,35,36)/b26-16+. The molecule has 0 aliphatic heterocycles. The van der Waals surface area contributed by atoms with Crippen LogP contribution in [0.2, 0.25) is 5.02 Å². The number of carbonyl (C=O) groups is 1. The van der Waals surface area contributed by atoms with Gasteiger partial charge in [0.05, 0.1) is 12.1 Å². The highest BCUT2D eigenvalue weighted by atomic mass is 35.5. The van der Waals surface area contributed by atoms with Crippen LogP contribution in [0, 0.1) is 18.3 Å². The quantitative estimate of drug-likeness (QED) is 0.168. The molecule has 0 saturated carbocycles. The maximum Gasteiger partial charge on any atom is 0.266 e. The Morgan fingerprint density at radius 3 is 2.26 bits per heavy atom. The Bertz CT molecular complexity index is 1490. The molecule has 39 heavy (non-hydrogen) atoms. The Kier molecular flexibility index (Phi) is 9.23. The predicted molar refractivity (Wildman–Crippen MR) is 153 cm³/mol. The molecule has 1 N–H and O–H groups in total. The van der Waals surface area contributed by atoms with Gasteiger partial charge >= 0.3 is 0 Å². The number of rotatable bonds is 10. The van der Waals surface area contributed by atoms with Gasteiger partial charge in [-0.3, -0.25) is 4.79 Å². The van der Waals surface area contributed by atoms with Crippen LogP contribution in [-0.4, -0.2) is 13.0 Å². The summed E-state index contributed by atoms with van der Waals surface area (Å²) in [4.78, 5) is 12.8. The van der Waals surface area contributed by atoms with Crippen LogP contribution >= 0.6 is 11.6 Å². The molecular weight excluding hydrogens is 512 g/mol. The maximum atomic E-state index is 12.8. The second-order valence-electron chi connectivity index (χ2n) is 8.73. The lowest BCUT2D eigenvalue weighted by Crippen LogP contribution is -2.13. The summed E-state index contributed by atoms with van der Waals surface area (Å²) in [7, 11) is 1.50. The minimum absolute atomic E-state index is 0.0918. The molecule has 0 aromatic heterocycles.